The molecule has 0 bridgehead atoms. The van der Waals surface area contributed by atoms with Crippen molar-refractivity contribution < 1.29 is 14.6 Å². The first-order valence-electron chi connectivity index (χ1n) is 9.38. The van der Waals surface area contributed by atoms with Crippen molar-refractivity contribution in [2.45, 2.75) is 72.0 Å². The van der Waals surface area contributed by atoms with E-state index in [1.807, 2.05) is 6.08 Å². The van der Waals surface area contributed by atoms with Gasteiger partial charge in [0.2, 0.25) is 0 Å². The second kappa shape index (κ2) is 6.10. The van der Waals surface area contributed by atoms with Gasteiger partial charge in [0.1, 0.15) is 12.4 Å². The van der Waals surface area contributed by atoms with Crippen LogP contribution in [0.3, 0.4) is 0 Å². The van der Waals surface area contributed by atoms with Crippen LogP contribution in [0.2, 0.25) is 0 Å². The Bertz CT molecular complexity index is 588. The van der Waals surface area contributed by atoms with E-state index in [4.69, 9.17) is 4.74 Å². The van der Waals surface area contributed by atoms with E-state index in [1.54, 1.807) is 18.3 Å². The number of hydrogen-bond donors (Lipinski definition) is 1. The second-order valence-electron chi connectivity index (χ2n) is 8.87. The first-order valence-corrected chi connectivity index (χ1v) is 9.38. The third kappa shape index (κ3) is 2.43. The molecule has 0 spiro atoms. The van der Waals surface area contributed by atoms with E-state index in [-0.39, 0.29) is 10.8 Å². The van der Waals surface area contributed by atoms with Crippen LogP contribution < -0.4 is 0 Å². The van der Waals surface area contributed by atoms with Crippen LogP contribution in [-0.4, -0.2) is 30.7 Å². The van der Waals surface area contributed by atoms with Gasteiger partial charge in [0.25, 0.3) is 0 Å². The largest absolute Gasteiger partial charge is 0.389 e. The molecule has 0 aromatic rings. The van der Waals surface area contributed by atoms with Gasteiger partial charge in [0, 0.05) is 18.1 Å². The van der Waals surface area contributed by atoms with Crippen molar-refractivity contribution in [3.8, 4) is 0 Å². The van der Waals surface area contributed by atoms with Crippen molar-refractivity contribution in [3.63, 3.8) is 0 Å². The molecule has 3 rings (SSSR count). The van der Waals surface area contributed by atoms with E-state index in [0.717, 1.165) is 25.5 Å². The molecule has 3 heteroatoms. The highest BCUT2D eigenvalue weighted by atomic mass is 16.5. The highest BCUT2D eigenvalue weighted by molar-refractivity contribution is 5.75. The third-order valence-electron chi connectivity index (χ3n) is 7.27. The van der Waals surface area contributed by atoms with Crippen LogP contribution >= 0.6 is 0 Å². The number of aliphatic hydroxyl groups is 1. The number of carbonyl (C=O) groups is 1. The zero-order valence-corrected chi connectivity index (χ0v) is 15.8. The summed E-state index contributed by atoms with van der Waals surface area (Å²) in [5, 5.41) is 11.2. The Kier molecular flexibility index (Phi) is 4.55. The standard InChI is InChI=1S/C21H32O3/c1-13(2)15-8-9-20(3)10-11-21(4)16(17(15)20)7-6-14(12-22)18(24-5)19(21)23/h6,12-13,16,18-19,23H,7-11H2,1-5H3/t16-,18+,19+,20-,21-/m1/s1. The molecular weight excluding hydrogens is 300 g/mol. The summed E-state index contributed by atoms with van der Waals surface area (Å²) >= 11 is 0. The Hall–Kier alpha value is -0.930. The van der Waals surface area contributed by atoms with Gasteiger partial charge in [-0.3, -0.25) is 4.79 Å². The molecule has 1 saturated carbocycles. The predicted molar refractivity (Wildman–Crippen MR) is 95.6 cm³/mol. The summed E-state index contributed by atoms with van der Waals surface area (Å²) in [5.74, 6) is 0.860. The summed E-state index contributed by atoms with van der Waals surface area (Å²) in [6.45, 7) is 9.20. The molecule has 3 aliphatic carbocycles. The summed E-state index contributed by atoms with van der Waals surface area (Å²) < 4.78 is 5.55. The van der Waals surface area contributed by atoms with Gasteiger partial charge in [0.15, 0.2) is 0 Å². The SMILES string of the molecule is CO[C@H]1C(C=O)=CC[C@@H]2C3=C(C(C)C)CC[C@]3(C)CC[C@@]2(C)[C@H]1O. The summed E-state index contributed by atoms with van der Waals surface area (Å²) in [5.41, 5.74) is 3.82. The number of ether oxygens (including phenoxy) is 1. The Labute approximate surface area is 146 Å². The first-order chi connectivity index (χ1) is 11.3. The van der Waals surface area contributed by atoms with Gasteiger partial charge in [-0.05, 0) is 49.4 Å². The molecular formula is C21H32O3. The first kappa shape index (κ1) is 17.9. The van der Waals surface area contributed by atoms with E-state index >= 15 is 0 Å². The molecule has 134 valence electrons. The zero-order chi connectivity index (χ0) is 17.7. The Morgan fingerprint density at radius 3 is 2.58 bits per heavy atom. The second-order valence-corrected chi connectivity index (χ2v) is 8.87. The van der Waals surface area contributed by atoms with Crippen LogP contribution in [0.15, 0.2) is 22.8 Å². The van der Waals surface area contributed by atoms with Crippen LogP contribution in [0.1, 0.15) is 59.8 Å². The van der Waals surface area contributed by atoms with Gasteiger partial charge >= 0.3 is 0 Å². The molecule has 0 amide bonds. The van der Waals surface area contributed by atoms with Crippen LogP contribution in [0.5, 0.6) is 0 Å². The van der Waals surface area contributed by atoms with Crippen molar-refractivity contribution in [1.82, 2.24) is 0 Å². The lowest BCUT2D eigenvalue weighted by atomic mass is 9.54. The van der Waals surface area contributed by atoms with Crippen molar-refractivity contribution >= 4 is 6.29 Å². The van der Waals surface area contributed by atoms with Gasteiger partial charge in [-0.15, -0.1) is 0 Å². The van der Waals surface area contributed by atoms with Gasteiger partial charge in [0.05, 0.1) is 6.10 Å². The van der Waals surface area contributed by atoms with Crippen molar-refractivity contribution in [2.24, 2.45) is 22.7 Å². The lowest BCUT2D eigenvalue weighted by molar-refractivity contribution is -0.112. The average molecular weight is 332 g/mol. The van der Waals surface area contributed by atoms with E-state index in [1.165, 1.54) is 12.8 Å². The van der Waals surface area contributed by atoms with E-state index in [2.05, 4.69) is 27.7 Å². The molecule has 0 aromatic carbocycles. The van der Waals surface area contributed by atoms with Crippen LogP contribution in [0, 0.1) is 22.7 Å². The summed E-state index contributed by atoms with van der Waals surface area (Å²) in [6, 6.07) is 0. The average Bonchev–Trinajstić information content (AvgIpc) is 2.85. The molecule has 24 heavy (non-hydrogen) atoms. The molecule has 3 nitrogen and oxygen atoms in total. The molecule has 0 unspecified atom stereocenters. The van der Waals surface area contributed by atoms with Crippen molar-refractivity contribution in [1.29, 1.82) is 0 Å². The summed E-state index contributed by atoms with van der Waals surface area (Å²) in [4.78, 5) is 11.5. The summed E-state index contributed by atoms with van der Waals surface area (Å²) in [6.07, 6.45) is 7.10. The topological polar surface area (TPSA) is 46.5 Å². The van der Waals surface area contributed by atoms with E-state index in [9.17, 15) is 9.90 Å². The molecule has 0 saturated heterocycles. The highest BCUT2D eigenvalue weighted by Crippen LogP contribution is 2.63. The van der Waals surface area contributed by atoms with Gasteiger partial charge in [-0.25, -0.2) is 0 Å². The van der Waals surface area contributed by atoms with Crippen LogP contribution in [-0.2, 0) is 9.53 Å². The van der Waals surface area contributed by atoms with Gasteiger partial charge < -0.3 is 9.84 Å². The van der Waals surface area contributed by atoms with E-state index in [0.29, 0.717) is 17.4 Å². The maximum atomic E-state index is 11.5. The molecule has 0 radical (unpaired) electrons. The number of hydrogen-bond acceptors (Lipinski definition) is 3. The number of aldehydes is 1. The fourth-order valence-electron chi connectivity index (χ4n) is 5.64. The fourth-order valence-corrected chi connectivity index (χ4v) is 5.64. The van der Waals surface area contributed by atoms with Gasteiger partial charge in [-0.1, -0.05) is 44.9 Å². The molecule has 0 aliphatic heterocycles. The highest BCUT2D eigenvalue weighted by Gasteiger charge is 2.56. The zero-order valence-electron chi connectivity index (χ0n) is 15.8. The minimum absolute atomic E-state index is 0.235. The van der Waals surface area contributed by atoms with Crippen molar-refractivity contribution in [2.75, 3.05) is 7.11 Å². The number of allylic oxidation sites excluding steroid dienone is 3. The lowest BCUT2D eigenvalue weighted by Crippen LogP contribution is -2.51. The molecule has 1 fully saturated rings. The Morgan fingerprint density at radius 1 is 1.29 bits per heavy atom. The predicted octanol–water partition coefficient (Wildman–Crippen LogP) is 4.06. The Morgan fingerprint density at radius 2 is 2.00 bits per heavy atom. The lowest BCUT2D eigenvalue weighted by Gasteiger charge is -2.52. The van der Waals surface area contributed by atoms with Crippen LogP contribution in [0.4, 0.5) is 0 Å². The molecule has 0 heterocycles. The number of carbonyl (C=O) groups excluding carboxylic acids is 1. The fraction of sp³-hybridized carbons (Fsp3) is 0.762. The van der Waals surface area contributed by atoms with Gasteiger partial charge in [-0.2, -0.15) is 0 Å². The number of aliphatic hydroxyl groups excluding tert-OH is 1. The minimum atomic E-state index is -0.641. The van der Waals surface area contributed by atoms with Crippen molar-refractivity contribution in [3.05, 3.63) is 22.8 Å². The normalized spacial score (nSPS) is 42.5. The maximum Gasteiger partial charge on any atom is 0.148 e. The number of fused-ring (bicyclic) bond motifs is 3. The van der Waals surface area contributed by atoms with Crippen LogP contribution in [0.25, 0.3) is 0 Å². The number of methoxy groups -OCH3 is 1. The maximum absolute atomic E-state index is 11.5. The monoisotopic (exact) mass is 332 g/mol. The molecule has 5 atom stereocenters. The molecule has 1 N–H and O–H groups in total. The smallest absolute Gasteiger partial charge is 0.148 e. The molecule has 3 aliphatic rings. The number of rotatable bonds is 3. The third-order valence-corrected chi connectivity index (χ3v) is 7.27. The summed E-state index contributed by atoms with van der Waals surface area (Å²) in [7, 11) is 1.59. The quantitative estimate of drug-likeness (QED) is 0.626. The molecule has 0 aromatic heterocycles. The van der Waals surface area contributed by atoms with E-state index < -0.39 is 12.2 Å². The Balaban J connectivity index is 2.13. The minimum Gasteiger partial charge on any atom is -0.389 e.